The zero-order valence-corrected chi connectivity index (χ0v) is 13.0. The van der Waals surface area contributed by atoms with E-state index in [2.05, 4.69) is 9.72 Å². The fourth-order valence-electron chi connectivity index (χ4n) is 2.73. The van der Waals surface area contributed by atoms with Crippen LogP contribution in [-0.2, 0) is 17.6 Å². The van der Waals surface area contributed by atoms with Crippen molar-refractivity contribution in [2.24, 2.45) is 0 Å². The smallest absolute Gasteiger partial charge is 0.358 e. The van der Waals surface area contributed by atoms with Crippen molar-refractivity contribution in [1.82, 2.24) is 4.98 Å². The molecule has 0 spiro atoms. The molecule has 0 saturated heterocycles. The number of fused-ring (bicyclic) bond motifs is 1. The Balaban J connectivity index is 2.15. The molecule has 1 aliphatic carbocycles. The Kier molecular flexibility index (Phi) is 3.95. The van der Waals surface area contributed by atoms with Crippen molar-refractivity contribution in [3.05, 3.63) is 45.9 Å². The lowest BCUT2D eigenvalue weighted by Crippen LogP contribution is -2.10. The Bertz CT molecular complexity index is 810. The van der Waals surface area contributed by atoms with Crippen LogP contribution in [0.5, 0.6) is 0 Å². The maximum absolute atomic E-state index is 14.5. The summed E-state index contributed by atoms with van der Waals surface area (Å²) >= 11 is 5.88. The van der Waals surface area contributed by atoms with Crippen molar-refractivity contribution in [2.75, 3.05) is 12.8 Å². The third-order valence-corrected chi connectivity index (χ3v) is 4.26. The van der Waals surface area contributed by atoms with Gasteiger partial charge >= 0.3 is 5.97 Å². The summed E-state index contributed by atoms with van der Waals surface area (Å²) in [6.07, 6.45) is 0.637. The summed E-state index contributed by atoms with van der Waals surface area (Å²) in [6, 6.07) is 5.23. The molecule has 0 radical (unpaired) electrons. The number of carbonyl (C=O) groups is 1. The number of halogens is 2. The number of aliphatic hydroxyl groups is 1. The quantitative estimate of drug-likeness (QED) is 0.822. The molecule has 3 rings (SSSR count). The predicted octanol–water partition coefficient (Wildman–Crippen LogP) is 2.37. The Morgan fingerprint density at radius 2 is 2.13 bits per heavy atom. The number of esters is 1. The number of anilines is 1. The first-order chi connectivity index (χ1) is 10.9. The van der Waals surface area contributed by atoms with Crippen LogP contribution in [0, 0.1) is 5.82 Å². The molecule has 1 aromatic heterocycles. The highest BCUT2D eigenvalue weighted by molar-refractivity contribution is 6.35. The zero-order valence-electron chi connectivity index (χ0n) is 12.3. The number of nitrogens with zero attached hydrogens (tertiary/aromatic N) is 1. The van der Waals surface area contributed by atoms with Crippen molar-refractivity contribution >= 4 is 23.3 Å². The van der Waals surface area contributed by atoms with Gasteiger partial charge in [0.25, 0.3) is 0 Å². The highest BCUT2D eigenvalue weighted by atomic mass is 35.5. The van der Waals surface area contributed by atoms with Gasteiger partial charge in [-0.3, -0.25) is 0 Å². The number of methoxy groups -OCH3 is 1. The molecule has 0 saturated carbocycles. The molecule has 0 aliphatic heterocycles. The van der Waals surface area contributed by atoms with Crippen molar-refractivity contribution < 1.29 is 19.0 Å². The Hall–Kier alpha value is -2.18. The monoisotopic (exact) mass is 336 g/mol. The fraction of sp³-hybridized carbons (Fsp3) is 0.250. The summed E-state index contributed by atoms with van der Waals surface area (Å²) < 4.78 is 19.0. The van der Waals surface area contributed by atoms with E-state index in [0.717, 1.165) is 11.1 Å². The summed E-state index contributed by atoms with van der Waals surface area (Å²) in [7, 11) is 1.18. The van der Waals surface area contributed by atoms with Gasteiger partial charge in [-0.1, -0.05) is 23.7 Å². The second-order valence-electron chi connectivity index (χ2n) is 5.39. The van der Waals surface area contributed by atoms with E-state index in [1.54, 1.807) is 12.1 Å². The first-order valence-corrected chi connectivity index (χ1v) is 7.33. The molecule has 1 aromatic carbocycles. The molecule has 120 valence electrons. The van der Waals surface area contributed by atoms with E-state index in [9.17, 15) is 14.3 Å². The number of nitrogens with two attached hydrogens (primary N) is 1. The number of nitrogen functional groups attached to an aromatic ring is 1. The highest BCUT2D eigenvalue weighted by Gasteiger charge is 2.24. The first-order valence-electron chi connectivity index (χ1n) is 6.95. The van der Waals surface area contributed by atoms with E-state index in [-0.39, 0.29) is 22.1 Å². The molecule has 7 heteroatoms. The molecule has 23 heavy (non-hydrogen) atoms. The van der Waals surface area contributed by atoms with Crippen LogP contribution in [-0.4, -0.2) is 29.3 Å². The molecular formula is C16H14ClFN2O3. The van der Waals surface area contributed by atoms with Crippen molar-refractivity contribution in [3.8, 4) is 11.3 Å². The van der Waals surface area contributed by atoms with Gasteiger partial charge in [-0.25, -0.2) is 14.2 Å². The van der Waals surface area contributed by atoms with E-state index in [4.69, 9.17) is 17.3 Å². The van der Waals surface area contributed by atoms with Gasteiger partial charge in [0, 0.05) is 5.56 Å². The number of aromatic nitrogens is 1. The molecule has 1 aliphatic rings. The van der Waals surface area contributed by atoms with Crippen molar-refractivity contribution in [1.29, 1.82) is 0 Å². The lowest BCUT2D eigenvalue weighted by Gasteiger charge is -2.11. The molecule has 0 fully saturated rings. The Labute approximate surface area is 136 Å². The largest absolute Gasteiger partial charge is 0.464 e. The molecule has 2 aromatic rings. The lowest BCUT2D eigenvalue weighted by atomic mass is 10.0. The van der Waals surface area contributed by atoms with E-state index in [1.807, 2.05) is 6.07 Å². The molecule has 1 heterocycles. The highest BCUT2D eigenvalue weighted by Crippen LogP contribution is 2.34. The standard InChI is InChI=1S/C16H14ClFN2O3/c1-23-16(22)15-11(17)13(19)12(18)14(20-15)8-3-2-7-5-10(21)6-9(7)4-8/h2-4,10,21H,5-6H2,1H3,(H2,19,20). The number of rotatable bonds is 2. The molecule has 0 bridgehead atoms. The van der Waals surface area contributed by atoms with E-state index in [1.165, 1.54) is 7.11 Å². The van der Waals surface area contributed by atoms with Crippen molar-refractivity contribution in [3.63, 3.8) is 0 Å². The van der Waals surface area contributed by atoms with Crippen LogP contribution in [0.4, 0.5) is 10.1 Å². The summed E-state index contributed by atoms with van der Waals surface area (Å²) in [5.41, 5.74) is 7.39. The van der Waals surface area contributed by atoms with E-state index >= 15 is 0 Å². The number of ether oxygens (including phenoxy) is 1. The maximum atomic E-state index is 14.5. The number of carbonyl (C=O) groups excluding carboxylic acids is 1. The molecule has 1 atom stereocenters. The van der Waals surface area contributed by atoms with Crippen LogP contribution in [0.25, 0.3) is 11.3 Å². The summed E-state index contributed by atoms with van der Waals surface area (Å²) in [4.78, 5) is 15.7. The number of pyridine rings is 1. The molecule has 3 N–H and O–H groups in total. The molecule has 1 unspecified atom stereocenters. The van der Waals surface area contributed by atoms with Crippen LogP contribution in [0.2, 0.25) is 5.02 Å². The van der Waals surface area contributed by atoms with Gasteiger partial charge in [-0.2, -0.15) is 0 Å². The number of hydrogen-bond acceptors (Lipinski definition) is 5. The minimum atomic E-state index is -0.792. The topological polar surface area (TPSA) is 85.4 Å². The maximum Gasteiger partial charge on any atom is 0.358 e. The Morgan fingerprint density at radius 1 is 1.43 bits per heavy atom. The third kappa shape index (κ3) is 2.64. The first kappa shape index (κ1) is 15.7. The van der Waals surface area contributed by atoms with Gasteiger partial charge in [-0.15, -0.1) is 0 Å². The second kappa shape index (κ2) is 5.79. The van der Waals surface area contributed by atoms with E-state index < -0.39 is 17.9 Å². The second-order valence-corrected chi connectivity index (χ2v) is 5.77. The van der Waals surface area contributed by atoms with Crippen LogP contribution in [0.1, 0.15) is 21.6 Å². The summed E-state index contributed by atoms with van der Waals surface area (Å²) in [5, 5.41) is 9.44. The zero-order chi connectivity index (χ0) is 16.7. The van der Waals surface area contributed by atoms with Gasteiger partial charge in [0.2, 0.25) is 0 Å². The van der Waals surface area contributed by atoms with Gasteiger partial charge in [-0.05, 0) is 30.0 Å². The van der Waals surface area contributed by atoms with Gasteiger partial charge in [0.15, 0.2) is 11.5 Å². The molecule has 0 amide bonds. The third-order valence-electron chi connectivity index (χ3n) is 3.88. The van der Waals surface area contributed by atoms with Crippen LogP contribution < -0.4 is 5.73 Å². The predicted molar refractivity (Wildman–Crippen MR) is 83.8 cm³/mol. The average Bonchev–Trinajstić information content (AvgIpc) is 2.91. The van der Waals surface area contributed by atoms with Crippen LogP contribution >= 0.6 is 11.6 Å². The summed E-state index contributed by atoms with van der Waals surface area (Å²) in [6.45, 7) is 0. The summed E-state index contributed by atoms with van der Waals surface area (Å²) in [5.74, 6) is -1.58. The number of hydrogen-bond donors (Lipinski definition) is 2. The van der Waals surface area contributed by atoms with Crippen LogP contribution in [0.15, 0.2) is 18.2 Å². The normalized spacial score (nSPS) is 16.3. The van der Waals surface area contributed by atoms with Gasteiger partial charge in [0.1, 0.15) is 5.69 Å². The number of benzene rings is 1. The number of aliphatic hydroxyl groups excluding tert-OH is 1. The van der Waals surface area contributed by atoms with Gasteiger partial charge < -0.3 is 15.6 Å². The van der Waals surface area contributed by atoms with E-state index in [0.29, 0.717) is 18.4 Å². The molecular weight excluding hydrogens is 323 g/mol. The van der Waals surface area contributed by atoms with Crippen LogP contribution in [0.3, 0.4) is 0 Å². The molecule has 5 nitrogen and oxygen atoms in total. The Morgan fingerprint density at radius 3 is 2.83 bits per heavy atom. The SMILES string of the molecule is COC(=O)c1nc(-c2ccc3c(c2)CC(O)C3)c(F)c(N)c1Cl. The minimum absolute atomic E-state index is 0.0727. The van der Waals surface area contributed by atoms with Gasteiger partial charge in [0.05, 0.1) is 23.9 Å². The van der Waals surface area contributed by atoms with Crippen molar-refractivity contribution in [2.45, 2.75) is 18.9 Å². The lowest BCUT2D eigenvalue weighted by molar-refractivity contribution is 0.0594. The average molecular weight is 337 g/mol. The fourth-order valence-corrected chi connectivity index (χ4v) is 2.93. The minimum Gasteiger partial charge on any atom is -0.464 e.